The minimum atomic E-state index is 0.169. The topological polar surface area (TPSA) is 46.2 Å². The van der Waals surface area contributed by atoms with Crippen LogP contribution in [0.5, 0.6) is 5.75 Å². The van der Waals surface area contributed by atoms with Gasteiger partial charge in [-0.2, -0.15) is 0 Å². The van der Waals surface area contributed by atoms with Crippen molar-refractivity contribution in [2.24, 2.45) is 5.73 Å². The molecule has 0 amide bonds. The number of hydrogen-bond acceptors (Lipinski definition) is 2. The van der Waals surface area contributed by atoms with Crippen molar-refractivity contribution < 1.29 is 5.11 Å². The lowest BCUT2D eigenvalue weighted by molar-refractivity contribution is 0.444. The molecule has 16 heavy (non-hydrogen) atoms. The molecule has 1 aliphatic rings. The van der Waals surface area contributed by atoms with Gasteiger partial charge >= 0.3 is 0 Å². The largest absolute Gasteiger partial charge is 0.508 e. The van der Waals surface area contributed by atoms with E-state index in [1.165, 1.54) is 36.8 Å². The van der Waals surface area contributed by atoms with E-state index in [4.69, 9.17) is 5.73 Å². The van der Waals surface area contributed by atoms with Crippen molar-refractivity contribution in [3.05, 3.63) is 28.8 Å². The third kappa shape index (κ3) is 1.71. The van der Waals surface area contributed by atoms with Gasteiger partial charge in [-0.3, -0.25) is 0 Å². The van der Waals surface area contributed by atoms with Crippen LogP contribution in [0.2, 0.25) is 0 Å². The Kier molecular flexibility index (Phi) is 2.94. The average molecular weight is 219 g/mol. The number of phenols is 1. The van der Waals surface area contributed by atoms with Crippen LogP contribution in [0.4, 0.5) is 0 Å². The standard InChI is InChI=1S/C14H21NO/c1-10-8-13(16)11(2)7-12(10)14(9-15)5-3-4-6-14/h7-8,16H,3-6,9,15H2,1-2H3. The fourth-order valence-corrected chi connectivity index (χ4v) is 3.01. The Morgan fingerprint density at radius 3 is 2.38 bits per heavy atom. The molecule has 1 fully saturated rings. The van der Waals surface area contributed by atoms with Crippen LogP contribution in [-0.4, -0.2) is 11.7 Å². The Morgan fingerprint density at radius 1 is 1.19 bits per heavy atom. The van der Waals surface area contributed by atoms with Crippen LogP contribution >= 0.6 is 0 Å². The molecule has 2 nitrogen and oxygen atoms in total. The van der Waals surface area contributed by atoms with Crippen molar-refractivity contribution in [2.75, 3.05) is 6.54 Å². The van der Waals surface area contributed by atoms with Crippen molar-refractivity contribution in [1.29, 1.82) is 0 Å². The molecule has 0 aromatic heterocycles. The molecule has 1 saturated carbocycles. The molecule has 2 rings (SSSR count). The fraction of sp³-hybridized carbons (Fsp3) is 0.571. The first-order chi connectivity index (χ1) is 7.59. The molecule has 2 heteroatoms. The Bertz CT molecular complexity index is 392. The van der Waals surface area contributed by atoms with Crippen LogP contribution in [0.15, 0.2) is 12.1 Å². The summed E-state index contributed by atoms with van der Waals surface area (Å²) in [7, 11) is 0. The smallest absolute Gasteiger partial charge is 0.118 e. The van der Waals surface area contributed by atoms with Crippen LogP contribution in [0, 0.1) is 13.8 Å². The van der Waals surface area contributed by atoms with Crippen molar-refractivity contribution in [1.82, 2.24) is 0 Å². The van der Waals surface area contributed by atoms with E-state index in [0.717, 1.165) is 12.1 Å². The molecule has 3 N–H and O–H groups in total. The zero-order valence-electron chi connectivity index (χ0n) is 10.2. The second-order valence-electron chi connectivity index (χ2n) is 5.15. The lowest BCUT2D eigenvalue weighted by Gasteiger charge is -2.30. The summed E-state index contributed by atoms with van der Waals surface area (Å²) in [6.45, 7) is 4.75. The molecule has 0 unspecified atom stereocenters. The number of phenolic OH excluding ortho intramolecular Hbond substituents is 1. The summed E-state index contributed by atoms with van der Waals surface area (Å²) in [5.74, 6) is 0.395. The van der Waals surface area contributed by atoms with Crippen LogP contribution in [0.25, 0.3) is 0 Å². The van der Waals surface area contributed by atoms with Crippen LogP contribution < -0.4 is 5.73 Å². The predicted octanol–water partition coefficient (Wildman–Crippen LogP) is 2.78. The highest BCUT2D eigenvalue weighted by Crippen LogP contribution is 2.42. The molecule has 0 spiro atoms. The molecular formula is C14H21NO. The van der Waals surface area contributed by atoms with E-state index < -0.39 is 0 Å². The molecular weight excluding hydrogens is 198 g/mol. The third-order valence-corrected chi connectivity index (χ3v) is 4.07. The van der Waals surface area contributed by atoms with Gasteiger partial charge in [0.05, 0.1) is 0 Å². The molecule has 1 aliphatic carbocycles. The minimum Gasteiger partial charge on any atom is -0.508 e. The summed E-state index contributed by atoms with van der Waals surface area (Å²) in [5, 5.41) is 9.69. The number of hydrogen-bond donors (Lipinski definition) is 2. The van der Waals surface area contributed by atoms with Gasteiger partial charge in [-0.1, -0.05) is 18.9 Å². The highest BCUT2D eigenvalue weighted by Gasteiger charge is 2.35. The highest BCUT2D eigenvalue weighted by atomic mass is 16.3. The molecule has 0 heterocycles. The van der Waals surface area contributed by atoms with Gasteiger partial charge in [-0.25, -0.2) is 0 Å². The Morgan fingerprint density at radius 2 is 1.81 bits per heavy atom. The summed E-state index contributed by atoms with van der Waals surface area (Å²) in [6, 6.07) is 4.00. The van der Waals surface area contributed by atoms with Gasteiger partial charge in [-0.05, 0) is 49.4 Å². The van der Waals surface area contributed by atoms with E-state index in [2.05, 4.69) is 13.0 Å². The number of nitrogens with two attached hydrogens (primary N) is 1. The monoisotopic (exact) mass is 219 g/mol. The predicted molar refractivity (Wildman–Crippen MR) is 66.8 cm³/mol. The molecule has 1 aromatic rings. The van der Waals surface area contributed by atoms with E-state index in [1.54, 1.807) is 0 Å². The normalized spacial score (nSPS) is 18.9. The fourth-order valence-electron chi connectivity index (χ4n) is 3.01. The summed E-state index contributed by atoms with van der Waals surface area (Å²) in [4.78, 5) is 0. The quantitative estimate of drug-likeness (QED) is 0.803. The molecule has 1 aromatic carbocycles. The third-order valence-electron chi connectivity index (χ3n) is 4.07. The summed E-state index contributed by atoms with van der Waals surface area (Å²) < 4.78 is 0. The lowest BCUT2D eigenvalue weighted by atomic mass is 9.76. The van der Waals surface area contributed by atoms with E-state index in [9.17, 15) is 5.11 Å². The minimum absolute atomic E-state index is 0.169. The van der Waals surface area contributed by atoms with Gasteiger partial charge in [0.2, 0.25) is 0 Å². The van der Waals surface area contributed by atoms with Crippen LogP contribution in [0.3, 0.4) is 0 Å². The number of benzene rings is 1. The Hall–Kier alpha value is -1.02. The van der Waals surface area contributed by atoms with Crippen molar-refractivity contribution in [3.8, 4) is 5.75 Å². The van der Waals surface area contributed by atoms with Gasteiger partial charge < -0.3 is 10.8 Å². The molecule has 0 saturated heterocycles. The SMILES string of the molecule is Cc1cc(C2(CN)CCCC2)c(C)cc1O. The van der Waals surface area contributed by atoms with Gasteiger partial charge in [0.25, 0.3) is 0 Å². The first-order valence-corrected chi connectivity index (χ1v) is 6.10. The lowest BCUT2D eigenvalue weighted by Crippen LogP contribution is -2.32. The van der Waals surface area contributed by atoms with Crippen LogP contribution in [0.1, 0.15) is 42.4 Å². The van der Waals surface area contributed by atoms with E-state index in [1.807, 2.05) is 13.0 Å². The van der Waals surface area contributed by atoms with Crippen molar-refractivity contribution >= 4 is 0 Å². The molecule has 0 aliphatic heterocycles. The number of aromatic hydroxyl groups is 1. The number of rotatable bonds is 2. The van der Waals surface area contributed by atoms with Gasteiger partial charge in [0.15, 0.2) is 0 Å². The summed E-state index contributed by atoms with van der Waals surface area (Å²) >= 11 is 0. The van der Waals surface area contributed by atoms with Crippen molar-refractivity contribution in [3.63, 3.8) is 0 Å². The second kappa shape index (κ2) is 4.10. The molecule has 0 atom stereocenters. The molecule has 88 valence electrons. The first kappa shape index (κ1) is 11.5. The maximum absolute atomic E-state index is 9.69. The zero-order valence-corrected chi connectivity index (χ0v) is 10.2. The van der Waals surface area contributed by atoms with Gasteiger partial charge in [0.1, 0.15) is 5.75 Å². The summed E-state index contributed by atoms with van der Waals surface area (Å²) in [5.41, 5.74) is 9.65. The zero-order chi connectivity index (χ0) is 11.8. The first-order valence-electron chi connectivity index (χ1n) is 6.10. The van der Waals surface area contributed by atoms with E-state index in [0.29, 0.717) is 5.75 Å². The van der Waals surface area contributed by atoms with E-state index >= 15 is 0 Å². The number of aryl methyl sites for hydroxylation is 2. The van der Waals surface area contributed by atoms with Gasteiger partial charge in [0, 0.05) is 12.0 Å². The summed E-state index contributed by atoms with van der Waals surface area (Å²) in [6.07, 6.45) is 4.93. The second-order valence-corrected chi connectivity index (χ2v) is 5.15. The highest BCUT2D eigenvalue weighted by molar-refractivity contribution is 5.44. The van der Waals surface area contributed by atoms with Crippen molar-refractivity contribution in [2.45, 2.75) is 44.9 Å². The van der Waals surface area contributed by atoms with Gasteiger partial charge in [-0.15, -0.1) is 0 Å². The van der Waals surface area contributed by atoms with E-state index in [-0.39, 0.29) is 5.41 Å². The molecule has 0 bridgehead atoms. The molecule has 0 radical (unpaired) electrons. The Labute approximate surface area is 97.5 Å². The Balaban J connectivity index is 2.50. The average Bonchev–Trinajstić information content (AvgIpc) is 2.73. The maximum Gasteiger partial charge on any atom is 0.118 e. The van der Waals surface area contributed by atoms with Crippen LogP contribution in [-0.2, 0) is 5.41 Å². The maximum atomic E-state index is 9.69.